The third-order valence-electron chi connectivity index (χ3n) is 2.06. The van der Waals surface area contributed by atoms with Gasteiger partial charge in [0.1, 0.15) is 0 Å². The molecule has 0 spiro atoms. The van der Waals surface area contributed by atoms with Crippen LogP contribution in [-0.4, -0.2) is 25.8 Å². The molecule has 0 aromatic heterocycles. The Bertz CT molecular complexity index is 202. The van der Waals surface area contributed by atoms with E-state index >= 15 is 0 Å². The maximum atomic E-state index is 5.38. The first kappa shape index (κ1) is 10.5. The number of rotatable bonds is 3. The molecule has 0 aromatic rings. The molecule has 13 heavy (non-hydrogen) atoms. The van der Waals surface area contributed by atoms with E-state index in [0.717, 1.165) is 31.8 Å². The molecule has 1 atom stereocenters. The van der Waals surface area contributed by atoms with Gasteiger partial charge in [0, 0.05) is 12.6 Å². The molecule has 74 valence electrons. The second kappa shape index (κ2) is 5.20. The van der Waals surface area contributed by atoms with Crippen molar-refractivity contribution >= 4 is 0 Å². The third kappa shape index (κ3) is 4.25. The lowest BCUT2D eigenvalue weighted by molar-refractivity contribution is 0.0770. The van der Waals surface area contributed by atoms with Crippen molar-refractivity contribution in [3.63, 3.8) is 0 Å². The Morgan fingerprint density at radius 2 is 2.38 bits per heavy atom. The molecule has 1 heterocycles. The fraction of sp³-hybridized carbons (Fsp3) is 0.636. The molecule has 0 aliphatic carbocycles. The van der Waals surface area contributed by atoms with Crippen LogP contribution in [0.2, 0.25) is 0 Å². The number of allylic oxidation sites excluding steroid dienone is 2. The monoisotopic (exact) mass is 181 g/mol. The van der Waals surface area contributed by atoms with Crippen LogP contribution < -0.4 is 5.32 Å². The van der Waals surface area contributed by atoms with Gasteiger partial charge in [0.15, 0.2) is 0 Å². The summed E-state index contributed by atoms with van der Waals surface area (Å²) in [5.74, 6) is 0. The van der Waals surface area contributed by atoms with Crippen LogP contribution in [0.25, 0.3) is 0 Å². The molecular weight excluding hydrogens is 162 g/mol. The van der Waals surface area contributed by atoms with Gasteiger partial charge in [-0.2, -0.15) is 0 Å². The van der Waals surface area contributed by atoms with E-state index in [1.165, 1.54) is 5.57 Å². The van der Waals surface area contributed by atoms with E-state index < -0.39 is 0 Å². The molecule has 2 heteroatoms. The van der Waals surface area contributed by atoms with Crippen LogP contribution in [0.15, 0.2) is 23.8 Å². The van der Waals surface area contributed by atoms with Crippen molar-refractivity contribution in [3.8, 4) is 0 Å². The lowest BCUT2D eigenvalue weighted by Crippen LogP contribution is -2.41. The minimum Gasteiger partial charge on any atom is -0.379 e. The number of hydrogen-bond acceptors (Lipinski definition) is 2. The van der Waals surface area contributed by atoms with E-state index in [1.807, 2.05) is 6.92 Å². The lowest BCUT2D eigenvalue weighted by atomic mass is 10.1. The van der Waals surface area contributed by atoms with Gasteiger partial charge in [-0.25, -0.2) is 0 Å². The normalized spacial score (nSPS) is 24.5. The van der Waals surface area contributed by atoms with Crippen molar-refractivity contribution in [1.29, 1.82) is 0 Å². The van der Waals surface area contributed by atoms with Gasteiger partial charge >= 0.3 is 0 Å². The van der Waals surface area contributed by atoms with Gasteiger partial charge < -0.3 is 10.1 Å². The molecule has 1 rings (SSSR count). The van der Waals surface area contributed by atoms with Crippen molar-refractivity contribution in [1.82, 2.24) is 5.32 Å². The molecular formula is C11H19NO. The lowest BCUT2D eigenvalue weighted by Gasteiger charge is -2.24. The Balaban J connectivity index is 2.33. The molecule has 0 radical (unpaired) electrons. The van der Waals surface area contributed by atoms with Crippen LogP contribution in [0.5, 0.6) is 0 Å². The molecule has 1 saturated heterocycles. The van der Waals surface area contributed by atoms with Gasteiger partial charge in [-0.3, -0.25) is 0 Å². The SMILES string of the molecule is C=C(C)/C=C(/C)CC1COCCN1. The van der Waals surface area contributed by atoms with Crippen LogP contribution in [0.4, 0.5) is 0 Å². The first-order valence-corrected chi connectivity index (χ1v) is 4.82. The predicted molar refractivity (Wildman–Crippen MR) is 55.8 cm³/mol. The average molecular weight is 181 g/mol. The maximum absolute atomic E-state index is 5.38. The van der Waals surface area contributed by atoms with Crippen molar-refractivity contribution in [2.75, 3.05) is 19.8 Å². The topological polar surface area (TPSA) is 21.3 Å². The number of ether oxygens (including phenoxy) is 1. The first-order chi connectivity index (χ1) is 6.18. The van der Waals surface area contributed by atoms with Crippen LogP contribution in [-0.2, 0) is 4.74 Å². The molecule has 1 fully saturated rings. The summed E-state index contributed by atoms with van der Waals surface area (Å²) < 4.78 is 5.38. The van der Waals surface area contributed by atoms with Gasteiger partial charge in [0.05, 0.1) is 13.2 Å². The summed E-state index contributed by atoms with van der Waals surface area (Å²) in [5, 5.41) is 3.43. The van der Waals surface area contributed by atoms with Crippen LogP contribution in [0, 0.1) is 0 Å². The molecule has 0 amide bonds. The third-order valence-corrected chi connectivity index (χ3v) is 2.06. The van der Waals surface area contributed by atoms with Crippen LogP contribution >= 0.6 is 0 Å². The first-order valence-electron chi connectivity index (χ1n) is 4.82. The summed E-state index contributed by atoms with van der Waals surface area (Å²) in [4.78, 5) is 0. The smallest absolute Gasteiger partial charge is 0.0623 e. The quantitative estimate of drug-likeness (QED) is 0.671. The van der Waals surface area contributed by atoms with Crippen molar-refractivity contribution in [2.45, 2.75) is 26.3 Å². The zero-order chi connectivity index (χ0) is 9.68. The zero-order valence-electron chi connectivity index (χ0n) is 8.60. The maximum Gasteiger partial charge on any atom is 0.0623 e. The summed E-state index contributed by atoms with van der Waals surface area (Å²) in [7, 11) is 0. The molecule has 2 nitrogen and oxygen atoms in total. The highest BCUT2D eigenvalue weighted by molar-refractivity contribution is 5.17. The van der Waals surface area contributed by atoms with E-state index in [1.54, 1.807) is 0 Å². The molecule has 1 aliphatic heterocycles. The van der Waals surface area contributed by atoms with Crippen molar-refractivity contribution in [3.05, 3.63) is 23.8 Å². The highest BCUT2D eigenvalue weighted by atomic mass is 16.5. The Labute approximate surface area is 80.7 Å². The number of morpholine rings is 1. The summed E-state index contributed by atoms with van der Waals surface area (Å²) >= 11 is 0. The minimum absolute atomic E-state index is 0.490. The van der Waals surface area contributed by atoms with Crippen LogP contribution in [0.1, 0.15) is 20.3 Å². The average Bonchev–Trinajstić information content (AvgIpc) is 2.04. The highest BCUT2D eigenvalue weighted by Crippen LogP contribution is 2.09. The summed E-state index contributed by atoms with van der Waals surface area (Å²) in [5.41, 5.74) is 2.49. The molecule has 1 N–H and O–H groups in total. The van der Waals surface area contributed by atoms with E-state index in [0.29, 0.717) is 6.04 Å². The zero-order valence-corrected chi connectivity index (χ0v) is 8.60. The molecule has 0 saturated carbocycles. The Kier molecular flexibility index (Phi) is 4.19. The fourth-order valence-electron chi connectivity index (χ4n) is 1.62. The van der Waals surface area contributed by atoms with E-state index in [2.05, 4.69) is 24.9 Å². The number of nitrogens with one attached hydrogen (secondary N) is 1. The minimum atomic E-state index is 0.490. The fourth-order valence-corrected chi connectivity index (χ4v) is 1.62. The molecule has 1 unspecified atom stereocenters. The van der Waals surface area contributed by atoms with Crippen molar-refractivity contribution < 1.29 is 4.74 Å². The largest absolute Gasteiger partial charge is 0.379 e. The second-order valence-corrected chi connectivity index (χ2v) is 3.77. The molecule has 0 bridgehead atoms. The van der Waals surface area contributed by atoms with Gasteiger partial charge in [-0.05, 0) is 20.3 Å². The van der Waals surface area contributed by atoms with Gasteiger partial charge in [-0.15, -0.1) is 0 Å². The van der Waals surface area contributed by atoms with Gasteiger partial charge in [0.2, 0.25) is 0 Å². The van der Waals surface area contributed by atoms with E-state index in [9.17, 15) is 0 Å². The standard InChI is InChI=1S/C11H19NO/c1-9(2)6-10(3)7-11-8-13-5-4-12-11/h6,11-12H,1,4-5,7-8H2,2-3H3/b10-6-. The highest BCUT2D eigenvalue weighted by Gasteiger charge is 2.12. The van der Waals surface area contributed by atoms with Gasteiger partial charge in [-0.1, -0.05) is 23.8 Å². The Morgan fingerprint density at radius 1 is 1.62 bits per heavy atom. The Morgan fingerprint density at radius 3 is 2.92 bits per heavy atom. The second-order valence-electron chi connectivity index (χ2n) is 3.77. The summed E-state index contributed by atoms with van der Waals surface area (Å²) in [6, 6.07) is 0.490. The van der Waals surface area contributed by atoms with Gasteiger partial charge in [0.25, 0.3) is 0 Å². The van der Waals surface area contributed by atoms with E-state index in [4.69, 9.17) is 4.74 Å². The van der Waals surface area contributed by atoms with Crippen LogP contribution in [0.3, 0.4) is 0 Å². The summed E-state index contributed by atoms with van der Waals surface area (Å²) in [6.45, 7) is 10.7. The molecule has 1 aliphatic rings. The number of hydrogen-bond donors (Lipinski definition) is 1. The summed E-state index contributed by atoms with van der Waals surface area (Å²) in [6.07, 6.45) is 3.20. The Hall–Kier alpha value is -0.600. The predicted octanol–water partition coefficient (Wildman–Crippen LogP) is 1.89. The van der Waals surface area contributed by atoms with E-state index in [-0.39, 0.29) is 0 Å². The van der Waals surface area contributed by atoms with Crippen molar-refractivity contribution in [2.24, 2.45) is 0 Å². The molecule has 0 aromatic carbocycles.